The molecule has 0 spiro atoms. The molecular weight excluding hydrogens is 252 g/mol. The molecule has 0 atom stereocenters. The van der Waals surface area contributed by atoms with Crippen LogP contribution in [0, 0.1) is 6.92 Å². The van der Waals surface area contributed by atoms with Gasteiger partial charge in [0.1, 0.15) is 0 Å². The first-order valence-electron chi connectivity index (χ1n) is 6.47. The van der Waals surface area contributed by atoms with Crippen LogP contribution in [0.3, 0.4) is 0 Å². The Morgan fingerprint density at radius 2 is 1.85 bits per heavy atom. The molecule has 4 nitrogen and oxygen atoms in total. The van der Waals surface area contributed by atoms with Gasteiger partial charge in [-0.25, -0.2) is 4.79 Å². The lowest BCUT2D eigenvalue weighted by Crippen LogP contribution is -2.28. The van der Waals surface area contributed by atoms with E-state index in [0.29, 0.717) is 6.54 Å². The van der Waals surface area contributed by atoms with Crippen LogP contribution in [-0.2, 0) is 13.2 Å². The zero-order valence-corrected chi connectivity index (χ0v) is 11.4. The summed E-state index contributed by atoms with van der Waals surface area (Å²) in [6.45, 7) is 2.40. The van der Waals surface area contributed by atoms with Crippen LogP contribution in [0.15, 0.2) is 48.5 Å². The van der Waals surface area contributed by atoms with E-state index in [9.17, 15) is 4.79 Å². The lowest BCUT2D eigenvalue weighted by Gasteiger charge is -2.09. The third-order valence-electron chi connectivity index (χ3n) is 2.90. The van der Waals surface area contributed by atoms with Crippen LogP contribution in [0.25, 0.3) is 0 Å². The summed E-state index contributed by atoms with van der Waals surface area (Å²) >= 11 is 0. The average Bonchev–Trinajstić information content (AvgIpc) is 2.45. The molecular formula is C16H18N2O2. The second-order valence-corrected chi connectivity index (χ2v) is 4.66. The Kier molecular flexibility index (Phi) is 4.74. The number of benzene rings is 2. The van der Waals surface area contributed by atoms with Crippen molar-refractivity contribution in [1.29, 1.82) is 0 Å². The maximum atomic E-state index is 11.8. The molecule has 0 fully saturated rings. The van der Waals surface area contributed by atoms with Crippen molar-refractivity contribution in [1.82, 2.24) is 5.32 Å². The smallest absolute Gasteiger partial charge is 0.319 e. The van der Waals surface area contributed by atoms with Crippen LogP contribution < -0.4 is 10.6 Å². The van der Waals surface area contributed by atoms with Gasteiger partial charge in [-0.05, 0) is 35.7 Å². The molecule has 104 valence electrons. The molecule has 0 saturated carbocycles. The first-order chi connectivity index (χ1) is 9.67. The predicted molar refractivity (Wildman–Crippen MR) is 79.4 cm³/mol. The number of aryl methyl sites for hydroxylation is 1. The van der Waals surface area contributed by atoms with Gasteiger partial charge < -0.3 is 15.7 Å². The summed E-state index contributed by atoms with van der Waals surface area (Å²) in [5.41, 5.74) is 3.66. The Morgan fingerprint density at radius 3 is 2.60 bits per heavy atom. The highest BCUT2D eigenvalue weighted by Crippen LogP contribution is 2.09. The van der Waals surface area contributed by atoms with Crippen molar-refractivity contribution >= 4 is 11.7 Å². The Bertz CT molecular complexity index is 597. The summed E-state index contributed by atoms with van der Waals surface area (Å²) in [6, 6.07) is 14.9. The van der Waals surface area contributed by atoms with Crippen LogP contribution in [0.1, 0.15) is 16.7 Å². The SMILES string of the molecule is Cc1cccc(NC(=O)NCc2cccc(CO)c2)c1. The fourth-order valence-corrected chi connectivity index (χ4v) is 1.92. The Labute approximate surface area is 118 Å². The number of hydrogen-bond donors (Lipinski definition) is 3. The fraction of sp³-hybridized carbons (Fsp3) is 0.188. The highest BCUT2D eigenvalue weighted by molar-refractivity contribution is 5.89. The van der Waals surface area contributed by atoms with Gasteiger partial charge in [0.15, 0.2) is 0 Å². The Balaban J connectivity index is 1.88. The number of rotatable bonds is 4. The van der Waals surface area contributed by atoms with Gasteiger partial charge in [-0.2, -0.15) is 0 Å². The maximum absolute atomic E-state index is 11.8. The predicted octanol–water partition coefficient (Wildman–Crippen LogP) is 2.81. The molecule has 2 rings (SSSR count). The van der Waals surface area contributed by atoms with E-state index >= 15 is 0 Å². The van der Waals surface area contributed by atoms with Crippen LogP contribution >= 0.6 is 0 Å². The molecule has 2 aromatic rings. The van der Waals surface area contributed by atoms with E-state index < -0.39 is 0 Å². The number of carbonyl (C=O) groups is 1. The van der Waals surface area contributed by atoms with E-state index in [4.69, 9.17) is 5.11 Å². The lowest BCUT2D eigenvalue weighted by atomic mass is 10.1. The molecule has 2 aromatic carbocycles. The van der Waals surface area contributed by atoms with E-state index in [2.05, 4.69) is 10.6 Å². The number of amides is 2. The minimum Gasteiger partial charge on any atom is -0.392 e. The molecule has 0 aromatic heterocycles. The van der Waals surface area contributed by atoms with Gasteiger partial charge >= 0.3 is 6.03 Å². The molecule has 0 saturated heterocycles. The number of carbonyl (C=O) groups excluding carboxylic acids is 1. The molecule has 0 bridgehead atoms. The van der Waals surface area contributed by atoms with Crippen LogP contribution in [0.4, 0.5) is 10.5 Å². The van der Waals surface area contributed by atoms with Crippen molar-refractivity contribution in [3.63, 3.8) is 0 Å². The van der Waals surface area contributed by atoms with E-state index in [1.165, 1.54) is 0 Å². The zero-order chi connectivity index (χ0) is 14.4. The Morgan fingerprint density at radius 1 is 1.10 bits per heavy atom. The third kappa shape index (κ3) is 4.10. The maximum Gasteiger partial charge on any atom is 0.319 e. The van der Waals surface area contributed by atoms with Gasteiger partial charge in [-0.1, -0.05) is 36.4 Å². The summed E-state index contributed by atoms with van der Waals surface area (Å²) in [6.07, 6.45) is 0. The number of anilines is 1. The quantitative estimate of drug-likeness (QED) is 0.800. The fourth-order valence-electron chi connectivity index (χ4n) is 1.92. The number of aliphatic hydroxyl groups excluding tert-OH is 1. The number of aliphatic hydroxyl groups is 1. The molecule has 0 aliphatic rings. The topological polar surface area (TPSA) is 61.4 Å². The van der Waals surface area contributed by atoms with Crippen molar-refractivity contribution < 1.29 is 9.90 Å². The van der Waals surface area contributed by atoms with Crippen LogP contribution in [0.2, 0.25) is 0 Å². The summed E-state index contributed by atoms with van der Waals surface area (Å²) < 4.78 is 0. The van der Waals surface area contributed by atoms with Gasteiger partial charge in [0.2, 0.25) is 0 Å². The molecule has 0 radical (unpaired) electrons. The van der Waals surface area contributed by atoms with E-state index in [-0.39, 0.29) is 12.6 Å². The molecule has 4 heteroatoms. The minimum atomic E-state index is -0.245. The molecule has 2 amide bonds. The van der Waals surface area contributed by atoms with Gasteiger partial charge in [0, 0.05) is 12.2 Å². The summed E-state index contributed by atoms with van der Waals surface area (Å²) in [4.78, 5) is 11.8. The van der Waals surface area contributed by atoms with Gasteiger partial charge in [-0.3, -0.25) is 0 Å². The monoisotopic (exact) mass is 270 g/mol. The minimum absolute atomic E-state index is 0.00330. The number of hydrogen-bond acceptors (Lipinski definition) is 2. The molecule has 0 unspecified atom stereocenters. The second kappa shape index (κ2) is 6.73. The highest BCUT2D eigenvalue weighted by atomic mass is 16.3. The number of urea groups is 1. The molecule has 0 aliphatic carbocycles. The van der Waals surface area contributed by atoms with E-state index in [1.807, 2.05) is 55.5 Å². The first kappa shape index (κ1) is 14.1. The van der Waals surface area contributed by atoms with Crippen molar-refractivity contribution in [2.45, 2.75) is 20.1 Å². The van der Waals surface area contributed by atoms with Gasteiger partial charge in [0.25, 0.3) is 0 Å². The molecule has 20 heavy (non-hydrogen) atoms. The molecule has 0 heterocycles. The van der Waals surface area contributed by atoms with Crippen LogP contribution in [-0.4, -0.2) is 11.1 Å². The van der Waals surface area contributed by atoms with Crippen molar-refractivity contribution in [3.05, 3.63) is 65.2 Å². The van der Waals surface area contributed by atoms with Crippen molar-refractivity contribution in [2.24, 2.45) is 0 Å². The zero-order valence-electron chi connectivity index (χ0n) is 11.4. The molecule has 3 N–H and O–H groups in total. The van der Waals surface area contributed by atoms with Gasteiger partial charge in [-0.15, -0.1) is 0 Å². The summed E-state index contributed by atoms with van der Waals surface area (Å²) in [5, 5.41) is 14.6. The normalized spacial score (nSPS) is 10.1. The Hall–Kier alpha value is -2.33. The first-order valence-corrected chi connectivity index (χ1v) is 6.47. The standard InChI is InChI=1S/C16H18N2O2/c1-12-4-2-7-15(8-12)18-16(20)17-10-13-5-3-6-14(9-13)11-19/h2-9,19H,10-11H2,1H3,(H2,17,18,20). The molecule has 0 aliphatic heterocycles. The average molecular weight is 270 g/mol. The van der Waals surface area contributed by atoms with Crippen LogP contribution in [0.5, 0.6) is 0 Å². The largest absolute Gasteiger partial charge is 0.392 e. The summed E-state index contributed by atoms with van der Waals surface area (Å²) in [7, 11) is 0. The third-order valence-corrected chi connectivity index (χ3v) is 2.90. The van der Waals surface area contributed by atoms with E-state index in [1.54, 1.807) is 0 Å². The van der Waals surface area contributed by atoms with Gasteiger partial charge in [0.05, 0.1) is 6.61 Å². The summed E-state index contributed by atoms with van der Waals surface area (Å²) in [5.74, 6) is 0. The second-order valence-electron chi connectivity index (χ2n) is 4.66. The van der Waals surface area contributed by atoms with Crippen molar-refractivity contribution in [3.8, 4) is 0 Å². The van der Waals surface area contributed by atoms with Crippen molar-refractivity contribution in [2.75, 3.05) is 5.32 Å². The number of nitrogens with one attached hydrogen (secondary N) is 2. The lowest BCUT2D eigenvalue weighted by molar-refractivity contribution is 0.251. The highest BCUT2D eigenvalue weighted by Gasteiger charge is 2.02. The van der Waals surface area contributed by atoms with E-state index in [0.717, 1.165) is 22.4 Å².